The highest BCUT2D eigenvalue weighted by atomic mass is 19.4. The van der Waals surface area contributed by atoms with Crippen LogP contribution in [0.15, 0.2) is 53.6 Å². The first kappa shape index (κ1) is 34.0. The highest BCUT2D eigenvalue weighted by Crippen LogP contribution is 2.18. The van der Waals surface area contributed by atoms with E-state index in [2.05, 4.69) is 32.1 Å². The van der Waals surface area contributed by atoms with E-state index >= 15 is 0 Å². The van der Waals surface area contributed by atoms with Gasteiger partial charge < -0.3 is 20.9 Å². The molecule has 5 N–H and O–H groups in total. The van der Waals surface area contributed by atoms with Crippen molar-refractivity contribution in [1.29, 1.82) is 0 Å². The first-order valence-electron chi connectivity index (χ1n) is 12.3. The molecule has 11 nitrogen and oxygen atoms in total. The molecule has 4 rings (SSSR count). The van der Waals surface area contributed by atoms with Crippen LogP contribution in [0.4, 0.5) is 26.3 Å². The van der Waals surface area contributed by atoms with E-state index in [1.54, 1.807) is 12.3 Å². The average Bonchev–Trinajstić information content (AvgIpc) is 3.42. The first-order valence-corrected chi connectivity index (χ1v) is 12.3. The molecular weight excluding hydrogens is 578 g/mol. The number of hydrogen-bond donors (Lipinski definition) is 4. The maximum absolute atomic E-state index is 12.1. The highest BCUT2D eigenvalue weighted by molar-refractivity contribution is 5.73. The number of aliphatic carboxylic acids is 2. The second-order valence-electron chi connectivity index (χ2n) is 9.02. The van der Waals surface area contributed by atoms with Gasteiger partial charge in [0, 0.05) is 49.6 Å². The summed E-state index contributed by atoms with van der Waals surface area (Å²) in [7, 11) is 0. The lowest BCUT2D eigenvalue weighted by atomic mass is 10.0. The third-order valence-corrected chi connectivity index (χ3v) is 5.70. The monoisotopic (exact) mass is 606 g/mol. The van der Waals surface area contributed by atoms with Gasteiger partial charge in [0.25, 0.3) is 5.56 Å². The Kier molecular flexibility index (Phi) is 12.2. The molecule has 3 heterocycles. The Labute approximate surface area is 234 Å². The third-order valence-electron chi connectivity index (χ3n) is 5.70. The molecule has 1 aromatic carbocycles. The smallest absolute Gasteiger partial charge is 0.475 e. The minimum Gasteiger partial charge on any atom is -0.475 e. The Bertz CT molecular complexity index is 1310. The summed E-state index contributed by atoms with van der Waals surface area (Å²) in [6.07, 6.45) is -3.73. The predicted octanol–water partition coefficient (Wildman–Crippen LogP) is 3.07. The second kappa shape index (κ2) is 15.1. The number of H-pyrrole nitrogens is 1. The minimum absolute atomic E-state index is 0.130. The molecule has 0 saturated carbocycles. The predicted molar refractivity (Wildman–Crippen MR) is 136 cm³/mol. The standard InChI is InChI=1S/C21H26N6O.2C2HF3O2/c22-18-6-11-26(12-7-18)15-16-2-4-17(5-3-16)21-24-19(14-20(28)25-21)8-13-27-10-1-9-23-27;2*3-2(4,5)1(6)7/h1-5,9-10,14,18H,6-8,11-13,15,22H2,(H,24,25,28);2*(H,6,7). The van der Waals surface area contributed by atoms with Gasteiger partial charge in [-0.15, -0.1) is 0 Å². The number of nitrogens with zero attached hydrogens (tertiary/aromatic N) is 4. The van der Waals surface area contributed by atoms with E-state index in [9.17, 15) is 31.1 Å². The topological polar surface area (TPSA) is 167 Å². The lowest BCUT2D eigenvalue weighted by Gasteiger charge is -2.30. The Hall–Kier alpha value is -4.25. The molecule has 1 aliphatic rings. The van der Waals surface area contributed by atoms with Gasteiger partial charge in [-0.1, -0.05) is 24.3 Å². The maximum Gasteiger partial charge on any atom is 0.490 e. The van der Waals surface area contributed by atoms with Crippen LogP contribution in [-0.2, 0) is 29.1 Å². The number of likely N-dealkylation sites (tertiary alicyclic amines) is 1. The molecule has 1 saturated heterocycles. The van der Waals surface area contributed by atoms with Crippen LogP contribution in [0.1, 0.15) is 24.1 Å². The lowest BCUT2D eigenvalue weighted by Crippen LogP contribution is -2.39. The number of halogens is 6. The first-order chi connectivity index (χ1) is 19.5. The fourth-order valence-electron chi connectivity index (χ4n) is 3.57. The summed E-state index contributed by atoms with van der Waals surface area (Å²) < 4.78 is 65.3. The average molecular weight is 607 g/mol. The molecule has 0 radical (unpaired) electrons. The molecular formula is C25H28F6N6O5. The van der Waals surface area contributed by atoms with Gasteiger partial charge in [0.2, 0.25) is 0 Å². The van der Waals surface area contributed by atoms with Crippen LogP contribution in [-0.4, -0.2) is 78.3 Å². The number of carboxylic acid groups (broad SMARTS) is 2. The van der Waals surface area contributed by atoms with E-state index in [4.69, 9.17) is 25.5 Å². The molecule has 1 fully saturated rings. The van der Waals surface area contributed by atoms with Gasteiger partial charge >= 0.3 is 24.3 Å². The van der Waals surface area contributed by atoms with Gasteiger partial charge in [0.15, 0.2) is 0 Å². The fraction of sp³-hybridized carbons (Fsp3) is 0.400. The zero-order valence-corrected chi connectivity index (χ0v) is 21.9. The highest BCUT2D eigenvalue weighted by Gasteiger charge is 2.38. The number of benzene rings is 1. The minimum atomic E-state index is -5.08. The SMILES string of the molecule is NC1CCN(Cc2ccc(-c3nc(CCn4cccn4)cc(=O)[nH]3)cc2)CC1.O=C(O)C(F)(F)F.O=C(O)C(F)(F)F. The molecule has 42 heavy (non-hydrogen) atoms. The summed E-state index contributed by atoms with van der Waals surface area (Å²) in [6.45, 7) is 3.73. The van der Waals surface area contributed by atoms with Gasteiger partial charge in [0.1, 0.15) is 5.82 Å². The van der Waals surface area contributed by atoms with Crippen molar-refractivity contribution in [2.75, 3.05) is 13.1 Å². The van der Waals surface area contributed by atoms with Crippen molar-refractivity contribution in [3.63, 3.8) is 0 Å². The van der Waals surface area contributed by atoms with Crippen LogP contribution in [0.25, 0.3) is 11.4 Å². The summed E-state index contributed by atoms with van der Waals surface area (Å²) in [6, 6.07) is 12.1. The van der Waals surface area contributed by atoms with E-state index < -0.39 is 24.3 Å². The Morgan fingerprint density at radius 3 is 2.02 bits per heavy atom. The van der Waals surface area contributed by atoms with Crippen LogP contribution in [0.2, 0.25) is 0 Å². The van der Waals surface area contributed by atoms with E-state index in [1.165, 1.54) is 5.56 Å². The number of carbonyl (C=O) groups is 2. The fourth-order valence-corrected chi connectivity index (χ4v) is 3.57. The van der Waals surface area contributed by atoms with Crippen molar-refractivity contribution < 1.29 is 46.1 Å². The van der Waals surface area contributed by atoms with E-state index in [-0.39, 0.29) is 5.56 Å². The number of hydrogen-bond acceptors (Lipinski definition) is 7. The number of rotatable bonds is 6. The molecule has 1 aliphatic heterocycles. The number of aromatic amines is 1. The summed E-state index contributed by atoms with van der Waals surface area (Å²) in [4.78, 5) is 39.8. The van der Waals surface area contributed by atoms with Gasteiger partial charge in [-0.25, -0.2) is 14.6 Å². The molecule has 17 heteroatoms. The van der Waals surface area contributed by atoms with Crippen molar-refractivity contribution in [3.8, 4) is 11.4 Å². The number of nitrogens with one attached hydrogen (secondary N) is 1. The van der Waals surface area contributed by atoms with Gasteiger partial charge in [-0.3, -0.25) is 14.4 Å². The number of nitrogens with two attached hydrogens (primary N) is 1. The van der Waals surface area contributed by atoms with Crippen LogP contribution < -0.4 is 11.3 Å². The third kappa shape index (κ3) is 12.1. The van der Waals surface area contributed by atoms with E-state index in [1.807, 2.05) is 29.1 Å². The zero-order valence-electron chi connectivity index (χ0n) is 21.9. The van der Waals surface area contributed by atoms with Gasteiger partial charge in [0.05, 0.1) is 5.69 Å². The quantitative estimate of drug-likeness (QED) is 0.308. The molecule has 0 aliphatic carbocycles. The van der Waals surface area contributed by atoms with E-state index in [0.717, 1.165) is 43.7 Å². The summed E-state index contributed by atoms with van der Waals surface area (Å²) in [5.74, 6) is -4.90. The number of alkyl halides is 6. The molecule has 0 spiro atoms. The van der Waals surface area contributed by atoms with Crippen molar-refractivity contribution in [3.05, 3.63) is 70.4 Å². The Balaban J connectivity index is 0.000000367. The normalized spacial score (nSPS) is 14.3. The van der Waals surface area contributed by atoms with Crippen LogP contribution >= 0.6 is 0 Å². The summed E-state index contributed by atoms with van der Waals surface area (Å²) >= 11 is 0. The number of carboxylic acids is 2. The molecule has 0 unspecified atom stereocenters. The Morgan fingerprint density at radius 2 is 1.55 bits per heavy atom. The molecule has 3 aromatic rings. The zero-order chi connectivity index (χ0) is 31.5. The summed E-state index contributed by atoms with van der Waals surface area (Å²) in [5.41, 5.74) is 8.80. The molecule has 0 bridgehead atoms. The maximum atomic E-state index is 12.1. The van der Waals surface area contributed by atoms with Crippen molar-refractivity contribution in [2.24, 2.45) is 5.73 Å². The lowest BCUT2D eigenvalue weighted by molar-refractivity contribution is -0.193. The van der Waals surface area contributed by atoms with E-state index in [0.29, 0.717) is 24.8 Å². The molecule has 0 amide bonds. The van der Waals surface area contributed by atoms with Crippen molar-refractivity contribution in [2.45, 2.75) is 50.7 Å². The molecule has 230 valence electrons. The van der Waals surface area contributed by atoms with Crippen molar-refractivity contribution in [1.82, 2.24) is 24.6 Å². The number of aryl methyl sites for hydroxylation is 2. The van der Waals surface area contributed by atoms with Crippen LogP contribution in [0, 0.1) is 0 Å². The molecule has 0 atom stereocenters. The van der Waals surface area contributed by atoms with Crippen LogP contribution in [0.3, 0.4) is 0 Å². The van der Waals surface area contributed by atoms with Gasteiger partial charge in [-0.2, -0.15) is 31.4 Å². The number of piperidine rings is 1. The summed E-state index contributed by atoms with van der Waals surface area (Å²) in [5, 5.41) is 18.4. The Morgan fingerprint density at radius 1 is 1.00 bits per heavy atom. The van der Waals surface area contributed by atoms with Gasteiger partial charge in [-0.05, 0) is 37.6 Å². The van der Waals surface area contributed by atoms with Crippen molar-refractivity contribution >= 4 is 11.9 Å². The number of aromatic nitrogens is 4. The molecule has 2 aromatic heterocycles. The van der Waals surface area contributed by atoms with Crippen LogP contribution in [0.5, 0.6) is 0 Å². The second-order valence-corrected chi connectivity index (χ2v) is 9.02. The largest absolute Gasteiger partial charge is 0.490 e.